The second-order valence-electron chi connectivity index (χ2n) is 12.3. The summed E-state index contributed by atoms with van der Waals surface area (Å²) < 4.78 is 24.2. The Labute approximate surface area is 277 Å². The van der Waals surface area contributed by atoms with Gasteiger partial charge in [-0.25, -0.2) is 0 Å². The van der Waals surface area contributed by atoms with Gasteiger partial charge in [-0.2, -0.15) is 0 Å². The average molecular weight is 646 g/mol. The highest BCUT2D eigenvalue weighted by atomic mass is 16.7. The van der Waals surface area contributed by atoms with E-state index in [4.69, 9.17) is 18.9 Å². The second kappa shape index (κ2) is 16.7. The molecule has 0 spiro atoms. The third kappa shape index (κ3) is 9.54. The molecule has 252 valence electrons. The van der Waals surface area contributed by atoms with Crippen LogP contribution in [0, 0.1) is 0 Å². The van der Waals surface area contributed by atoms with Crippen LogP contribution in [0.1, 0.15) is 79.2 Å². The standard InChI is InChI=1S/C37H47N3O7/c1-25(42)38-17-6-4-5-7-36(43)39-31-14-12-28(13-15-31)37-46-32(21-33(47-37)27-10-8-26(24-41)9-11-27)23-40-18-16-29-19-34(44-2)35(45-3)20-30(29)22-40/h8-15,19-20,32-33,37,41H,4-7,16-18,21-24H2,1-3H3,(H,38,42)(H,39,43). The van der Waals surface area contributed by atoms with E-state index in [2.05, 4.69) is 27.7 Å². The van der Waals surface area contributed by atoms with Crippen molar-refractivity contribution in [2.24, 2.45) is 0 Å². The summed E-state index contributed by atoms with van der Waals surface area (Å²) in [6, 6.07) is 19.7. The van der Waals surface area contributed by atoms with E-state index in [-0.39, 0.29) is 30.6 Å². The molecule has 3 aromatic rings. The summed E-state index contributed by atoms with van der Waals surface area (Å²) in [4.78, 5) is 25.9. The first-order chi connectivity index (χ1) is 22.8. The third-order valence-corrected chi connectivity index (χ3v) is 8.80. The number of benzene rings is 3. The lowest BCUT2D eigenvalue weighted by Gasteiger charge is -2.39. The van der Waals surface area contributed by atoms with Gasteiger partial charge in [-0.05, 0) is 65.8 Å². The summed E-state index contributed by atoms with van der Waals surface area (Å²) >= 11 is 0. The minimum Gasteiger partial charge on any atom is -0.493 e. The van der Waals surface area contributed by atoms with Gasteiger partial charge >= 0.3 is 0 Å². The number of nitrogens with zero attached hydrogens (tertiary/aromatic N) is 1. The topological polar surface area (TPSA) is 119 Å². The average Bonchev–Trinajstić information content (AvgIpc) is 3.09. The zero-order chi connectivity index (χ0) is 33.2. The predicted octanol–water partition coefficient (Wildman–Crippen LogP) is 5.43. The Hall–Kier alpha value is -3.96. The van der Waals surface area contributed by atoms with Gasteiger partial charge in [0.05, 0.1) is 33.0 Å². The third-order valence-electron chi connectivity index (χ3n) is 8.80. The highest BCUT2D eigenvalue weighted by Gasteiger charge is 2.34. The van der Waals surface area contributed by atoms with E-state index in [1.807, 2.05) is 48.5 Å². The van der Waals surface area contributed by atoms with E-state index < -0.39 is 6.29 Å². The van der Waals surface area contributed by atoms with Crippen molar-refractivity contribution < 1.29 is 33.6 Å². The molecule has 0 radical (unpaired) electrons. The number of fused-ring (bicyclic) bond motifs is 1. The summed E-state index contributed by atoms with van der Waals surface area (Å²) in [7, 11) is 3.33. The Kier molecular flexibility index (Phi) is 12.2. The number of unbranched alkanes of at least 4 members (excludes halogenated alkanes) is 2. The van der Waals surface area contributed by atoms with Gasteiger partial charge in [0, 0.05) is 57.2 Å². The Balaban J connectivity index is 1.23. The Morgan fingerprint density at radius 2 is 1.62 bits per heavy atom. The number of carbonyl (C=O) groups is 2. The number of aliphatic hydroxyl groups excluding tert-OH is 1. The number of hydrogen-bond acceptors (Lipinski definition) is 8. The maximum absolute atomic E-state index is 12.5. The lowest BCUT2D eigenvalue weighted by Crippen LogP contribution is -2.41. The Morgan fingerprint density at radius 1 is 0.915 bits per heavy atom. The molecule has 10 heteroatoms. The van der Waals surface area contributed by atoms with E-state index in [1.54, 1.807) is 14.2 Å². The zero-order valence-corrected chi connectivity index (χ0v) is 27.6. The molecule has 3 aromatic carbocycles. The molecule has 2 aliphatic heterocycles. The molecular weight excluding hydrogens is 598 g/mol. The van der Waals surface area contributed by atoms with E-state index in [0.29, 0.717) is 19.4 Å². The number of rotatable bonds is 14. The van der Waals surface area contributed by atoms with Gasteiger partial charge in [-0.1, -0.05) is 42.8 Å². The molecule has 0 aromatic heterocycles. The van der Waals surface area contributed by atoms with Crippen LogP contribution in [0.5, 0.6) is 11.5 Å². The maximum atomic E-state index is 12.5. The van der Waals surface area contributed by atoms with Crippen LogP contribution in [0.4, 0.5) is 5.69 Å². The quantitative estimate of drug-likeness (QED) is 0.199. The normalized spacial score (nSPS) is 19.4. The van der Waals surface area contributed by atoms with Crippen LogP contribution in [-0.2, 0) is 38.6 Å². The highest BCUT2D eigenvalue weighted by molar-refractivity contribution is 5.90. The SMILES string of the molecule is COc1cc2c(cc1OC)CN(CC1CC(c3ccc(CO)cc3)OC(c3ccc(NC(=O)CCCCCNC(C)=O)cc3)O1)CC2. The summed E-state index contributed by atoms with van der Waals surface area (Å²) in [5.41, 5.74) is 6.01. The van der Waals surface area contributed by atoms with Gasteiger partial charge in [-0.3, -0.25) is 14.5 Å². The highest BCUT2D eigenvalue weighted by Crippen LogP contribution is 2.39. The molecule has 3 N–H and O–H groups in total. The fourth-order valence-electron chi connectivity index (χ4n) is 6.22. The fourth-order valence-corrected chi connectivity index (χ4v) is 6.22. The van der Waals surface area contributed by atoms with Crippen molar-refractivity contribution in [1.82, 2.24) is 10.2 Å². The van der Waals surface area contributed by atoms with Crippen molar-refractivity contribution in [1.29, 1.82) is 0 Å². The molecule has 10 nitrogen and oxygen atoms in total. The predicted molar refractivity (Wildman–Crippen MR) is 179 cm³/mol. The molecule has 5 rings (SSSR count). The Morgan fingerprint density at radius 3 is 2.30 bits per heavy atom. The zero-order valence-electron chi connectivity index (χ0n) is 27.6. The van der Waals surface area contributed by atoms with Crippen LogP contribution in [-0.4, -0.2) is 61.8 Å². The number of ether oxygens (including phenoxy) is 4. The molecule has 3 unspecified atom stereocenters. The molecule has 1 saturated heterocycles. The maximum Gasteiger partial charge on any atom is 0.224 e. The number of anilines is 1. The van der Waals surface area contributed by atoms with E-state index in [1.165, 1.54) is 18.1 Å². The molecule has 0 bridgehead atoms. The first kappa shape index (κ1) is 34.4. The lowest BCUT2D eigenvalue weighted by molar-refractivity contribution is -0.253. The molecule has 3 atom stereocenters. The number of methoxy groups -OCH3 is 2. The molecule has 2 heterocycles. The van der Waals surface area contributed by atoms with Gasteiger partial charge < -0.3 is 34.7 Å². The number of nitrogens with one attached hydrogen (secondary N) is 2. The van der Waals surface area contributed by atoms with Crippen molar-refractivity contribution in [2.45, 2.75) is 77.1 Å². The minimum absolute atomic E-state index is 0.00521. The van der Waals surface area contributed by atoms with Gasteiger partial charge in [0.2, 0.25) is 11.8 Å². The summed E-state index contributed by atoms with van der Waals surface area (Å²) in [6.45, 7) is 4.58. The molecule has 47 heavy (non-hydrogen) atoms. The Bertz CT molecular complexity index is 1480. The summed E-state index contributed by atoms with van der Waals surface area (Å²) in [6.07, 6.45) is 3.69. The van der Waals surface area contributed by atoms with Crippen LogP contribution < -0.4 is 20.1 Å². The molecular formula is C37H47N3O7. The molecule has 2 aliphatic rings. The van der Waals surface area contributed by atoms with Crippen LogP contribution in [0.3, 0.4) is 0 Å². The summed E-state index contributed by atoms with van der Waals surface area (Å²) in [5, 5.41) is 15.3. The number of carbonyl (C=O) groups excluding carboxylic acids is 2. The number of amides is 2. The van der Waals surface area contributed by atoms with Crippen molar-refractivity contribution in [3.63, 3.8) is 0 Å². The molecule has 1 fully saturated rings. The van der Waals surface area contributed by atoms with E-state index >= 15 is 0 Å². The van der Waals surface area contributed by atoms with Gasteiger partial charge in [0.1, 0.15) is 0 Å². The van der Waals surface area contributed by atoms with Crippen LogP contribution in [0.15, 0.2) is 60.7 Å². The summed E-state index contributed by atoms with van der Waals surface area (Å²) in [5.74, 6) is 1.42. The van der Waals surface area contributed by atoms with Crippen LogP contribution in [0.2, 0.25) is 0 Å². The van der Waals surface area contributed by atoms with Crippen molar-refractivity contribution >= 4 is 17.5 Å². The van der Waals surface area contributed by atoms with E-state index in [9.17, 15) is 14.7 Å². The minimum atomic E-state index is -0.578. The molecule has 0 saturated carbocycles. The van der Waals surface area contributed by atoms with Gasteiger partial charge in [0.15, 0.2) is 17.8 Å². The largest absolute Gasteiger partial charge is 0.493 e. The number of aliphatic hydroxyl groups is 1. The molecule has 0 aliphatic carbocycles. The van der Waals surface area contributed by atoms with E-state index in [0.717, 1.165) is 79.2 Å². The second-order valence-corrected chi connectivity index (χ2v) is 12.3. The number of hydrogen-bond donors (Lipinski definition) is 3. The lowest BCUT2D eigenvalue weighted by atomic mass is 9.97. The van der Waals surface area contributed by atoms with Gasteiger partial charge in [-0.15, -0.1) is 0 Å². The van der Waals surface area contributed by atoms with Crippen molar-refractivity contribution in [3.05, 3.63) is 88.5 Å². The smallest absolute Gasteiger partial charge is 0.224 e. The van der Waals surface area contributed by atoms with Crippen molar-refractivity contribution in [2.75, 3.05) is 39.2 Å². The van der Waals surface area contributed by atoms with Crippen LogP contribution in [0.25, 0.3) is 0 Å². The van der Waals surface area contributed by atoms with Gasteiger partial charge in [0.25, 0.3) is 0 Å². The first-order valence-corrected chi connectivity index (χ1v) is 16.5. The fraction of sp³-hybridized carbons (Fsp3) is 0.459. The van der Waals surface area contributed by atoms with Crippen LogP contribution >= 0.6 is 0 Å². The molecule has 2 amide bonds. The monoisotopic (exact) mass is 645 g/mol. The van der Waals surface area contributed by atoms with Crippen molar-refractivity contribution in [3.8, 4) is 11.5 Å². The first-order valence-electron chi connectivity index (χ1n) is 16.5.